The molecule has 28 heavy (non-hydrogen) atoms. The van der Waals surface area contributed by atoms with E-state index in [0.29, 0.717) is 0 Å². The molecule has 2 amide bonds. The number of carbonyl (C=O) groups excluding carboxylic acids is 2. The third-order valence-corrected chi connectivity index (χ3v) is 5.89. The molecule has 1 aliphatic carbocycles. The van der Waals surface area contributed by atoms with Gasteiger partial charge < -0.3 is 10.6 Å². The maximum absolute atomic E-state index is 12.4. The monoisotopic (exact) mass is 385 g/mol. The molecule has 1 aromatic carbocycles. The van der Waals surface area contributed by atoms with E-state index in [9.17, 15) is 9.59 Å². The first kappa shape index (κ1) is 20.8. The van der Waals surface area contributed by atoms with Crippen molar-refractivity contribution in [2.75, 3.05) is 18.4 Å². The fraction of sp³-hybridized carbons (Fsp3) is 0.652. The van der Waals surface area contributed by atoms with Gasteiger partial charge in [-0.05, 0) is 76.2 Å². The zero-order valence-electron chi connectivity index (χ0n) is 18.0. The summed E-state index contributed by atoms with van der Waals surface area (Å²) in [5.41, 5.74) is 2.05. The molecular weight excluding hydrogens is 350 g/mol. The summed E-state index contributed by atoms with van der Waals surface area (Å²) in [5, 5.41) is 6.17. The summed E-state index contributed by atoms with van der Waals surface area (Å²) < 4.78 is 0. The molecule has 2 fully saturated rings. The summed E-state index contributed by atoms with van der Waals surface area (Å²) in [6.45, 7) is 13.1. The topological polar surface area (TPSA) is 61.4 Å². The molecule has 1 atom stereocenters. The molecule has 0 aromatic heterocycles. The number of hydrogen-bond donors (Lipinski definition) is 2. The fourth-order valence-corrected chi connectivity index (χ4v) is 3.97. The summed E-state index contributed by atoms with van der Waals surface area (Å²) in [6.07, 6.45) is 2.76. The molecule has 5 nitrogen and oxygen atoms in total. The standard InChI is InChI=1S/C23H35N3O2/c1-22(2,3)25-20(27)17-9-11-26(12-10-17)15-16-7-6-8-18(13-16)24-21(28)19-14-23(19,4)5/h6-8,13,17,19H,9-12,14-15H2,1-5H3,(H,24,28)(H,25,27). The first-order valence-electron chi connectivity index (χ1n) is 10.5. The molecule has 0 bridgehead atoms. The predicted molar refractivity (Wildman–Crippen MR) is 113 cm³/mol. The second-order valence-electron chi connectivity index (χ2n) is 10.2. The minimum Gasteiger partial charge on any atom is -0.351 e. The quantitative estimate of drug-likeness (QED) is 0.810. The van der Waals surface area contributed by atoms with E-state index in [1.165, 1.54) is 5.56 Å². The van der Waals surface area contributed by atoms with Crippen molar-refractivity contribution in [1.29, 1.82) is 0 Å². The van der Waals surface area contributed by atoms with Crippen LogP contribution in [-0.2, 0) is 16.1 Å². The van der Waals surface area contributed by atoms with Crippen molar-refractivity contribution in [3.05, 3.63) is 29.8 Å². The van der Waals surface area contributed by atoms with Gasteiger partial charge in [0.1, 0.15) is 0 Å². The lowest BCUT2D eigenvalue weighted by Gasteiger charge is -2.33. The second-order valence-corrected chi connectivity index (χ2v) is 10.2. The lowest BCUT2D eigenvalue weighted by atomic mass is 9.94. The Morgan fingerprint density at radius 1 is 1.14 bits per heavy atom. The Hall–Kier alpha value is -1.88. The Kier molecular flexibility index (Phi) is 5.85. The van der Waals surface area contributed by atoms with Crippen molar-refractivity contribution in [2.45, 2.75) is 66.0 Å². The number of piperidine rings is 1. The smallest absolute Gasteiger partial charge is 0.228 e. The zero-order chi connectivity index (χ0) is 20.5. The summed E-state index contributed by atoms with van der Waals surface area (Å²) >= 11 is 0. The zero-order valence-corrected chi connectivity index (χ0v) is 18.0. The van der Waals surface area contributed by atoms with E-state index in [0.717, 1.165) is 44.6 Å². The van der Waals surface area contributed by atoms with E-state index in [-0.39, 0.29) is 34.6 Å². The number of likely N-dealkylation sites (tertiary alicyclic amines) is 1. The number of carbonyl (C=O) groups is 2. The normalized spacial score (nSPS) is 22.5. The highest BCUT2D eigenvalue weighted by molar-refractivity contribution is 5.95. The van der Waals surface area contributed by atoms with Crippen LogP contribution in [0.25, 0.3) is 0 Å². The van der Waals surface area contributed by atoms with Crippen LogP contribution in [0.15, 0.2) is 24.3 Å². The molecule has 154 valence electrons. The Labute approximate surface area is 169 Å². The molecule has 1 aliphatic heterocycles. The molecule has 1 saturated carbocycles. The molecule has 5 heteroatoms. The first-order chi connectivity index (χ1) is 13.0. The van der Waals surface area contributed by atoms with Gasteiger partial charge in [0.15, 0.2) is 0 Å². The van der Waals surface area contributed by atoms with Crippen molar-refractivity contribution >= 4 is 17.5 Å². The van der Waals surface area contributed by atoms with Crippen LogP contribution in [0.5, 0.6) is 0 Å². The van der Waals surface area contributed by atoms with Crippen molar-refractivity contribution in [1.82, 2.24) is 10.2 Å². The summed E-state index contributed by atoms with van der Waals surface area (Å²) in [5.74, 6) is 0.560. The highest BCUT2D eigenvalue weighted by atomic mass is 16.2. The minimum atomic E-state index is -0.172. The van der Waals surface area contributed by atoms with Gasteiger partial charge in [0.2, 0.25) is 11.8 Å². The number of benzene rings is 1. The van der Waals surface area contributed by atoms with Crippen LogP contribution in [0.3, 0.4) is 0 Å². The summed E-state index contributed by atoms with van der Waals surface area (Å²) in [7, 11) is 0. The Bertz CT molecular complexity index is 728. The van der Waals surface area contributed by atoms with Crippen molar-refractivity contribution < 1.29 is 9.59 Å². The number of anilines is 1. The highest BCUT2D eigenvalue weighted by Crippen LogP contribution is 2.52. The van der Waals surface area contributed by atoms with Crippen molar-refractivity contribution in [3.8, 4) is 0 Å². The van der Waals surface area contributed by atoms with Crippen LogP contribution in [0, 0.1) is 17.3 Å². The second kappa shape index (κ2) is 7.86. The van der Waals surface area contributed by atoms with Gasteiger partial charge in [0.25, 0.3) is 0 Å². The van der Waals surface area contributed by atoms with Gasteiger partial charge in [0, 0.05) is 29.6 Å². The van der Waals surface area contributed by atoms with E-state index in [1.54, 1.807) is 0 Å². The lowest BCUT2D eigenvalue weighted by Crippen LogP contribution is -2.46. The molecular formula is C23H35N3O2. The molecule has 0 radical (unpaired) electrons. The molecule has 0 spiro atoms. The molecule has 2 aliphatic rings. The van der Waals surface area contributed by atoms with Gasteiger partial charge in [0.05, 0.1) is 0 Å². The highest BCUT2D eigenvalue weighted by Gasteiger charge is 2.50. The predicted octanol–water partition coefficient (Wildman–Crippen LogP) is 3.80. The van der Waals surface area contributed by atoms with Crippen LogP contribution in [0.1, 0.15) is 59.4 Å². The van der Waals surface area contributed by atoms with E-state index >= 15 is 0 Å². The van der Waals surface area contributed by atoms with Gasteiger partial charge in [-0.15, -0.1) is 0 Å². The van der Waals surface area contributed by atoms with Crippen LogP contribution < -0.4 is 10.6 Å². The van der Waals surface area contributed by atoms with Gasteiger partial charge in [-0.25, -0.2) is 0 Å². The molecule has 1 aromatic rings. The fourth-order valence-electron chi connectivity index (χ4n) is 3.97. The Balaban J connectivity index is 1.49. The Morgan fingerprint density at radius 3 is 2.36 bits per heavy atom. The molecule has 1 heterocycles. The van der Waals surface area contributed by atoms with Crippen molar-refractivity contribution in [3.63, 3.8) is 0 Å². The van der Waals surface area contributed by atoms with Gasteiger partial charge in [-0.2, -0.15) is 0 Å². The lowest BCUT2D eigenvalue weighted by molar-refractivity contribution is -0.128. The van der Waals surface area contributed by atoms with E-state index < -0.39 is 0 Å². The Morgan fingerprint density at radius 2 is 1.79 bits per heavy atom. The van der Waals surface area contributed by atoms with E-state index in [1.807, 2.05) is 32.9 Å². The number of rotatable bonds is 5. The number of amides is 2. The molecule has 1 saturated heterocycles. The van der Waals surface area contributed by atoms with Crippen molar-refractivity contribution in [2.24, 2.45) is 17.3 Å². The average Bonchev–Trinajstić information content (AvgIpc) is 3.23. The third-order valence-electron chi connectivity index (χ3n) is 5.89. The third kappa shape index (κ3) is 5.57. The largest absolute Gasteiger partial charge is 0.351 e. The van der Waals surface area contributed by atoms with Gasteiger partial charge in [-0.3, -0.25) is 14.5 Å². The number of nitrogens with one attached hydrogen (secondary N) is 2. The maximum atomic E-state index is 12.4. The number of nitrogens with zero attached hydrogens (tertiary/aromatic N) is 1. The van der Waals surface area contributed by atoms with Crippen LogP contribution in [0.4, 0.5) is 5.69 Å². The molecule has 1 unspecified atom stereocenters. The van der Waals surface area contributed by atoms with E-state index in [2.05, 4.69) is 41.5 Å². The SMILES string of the molecule is CC(C)(C)NC(=O)C1CCN(Cc2cccc(NC(=O)C3CC3(C)C)c2)CC1. The average molecular weight is 386 g/mol. The molecule has 3 rings (SSSR count). The van der Waals surface area contributed by atoms with Gasteiger partial charge in [-0.1, -0.05) is 26.0 Å². The first-order valence-corrected chi connectivity index (χ1v) is 10.5. The number of hydrogen-bond acceptors (Lipinski definition) is 3. The molecule has 2 N–H and O–H groups in total. The van der Waals surface area contributed by atoms with E-state index in [4.69, 9.17) is 0 Å². The van der Waals surface area contributed by atoms with Crippen LogP contribution in [0.2, 0.25) is 0 Å². The summed E-state index contributed by atoms with van der Waals surface area (Å²) in [4.78, 5) is 27.1. The van der Waals surface area contributed by atoms with Crippen LogP contribution in [-0.4, -0.2) is 35.3 Å². The van der Waals surface area contributed by atoms with Gasteiger partial charge >= 0.3 is 0 Å². The maximum Gasteiger partial charge on any atom is 0.228 e. The minimum absolute atomic E-state index is 0.114. The van der Waals surface area contributed by atoms with Crippen LogP contribution >= 0.6 is 0 Å². The summed E-state index contributed by atoms with van der Waals surface area (Å²) in [6, 6.07) is 8.15.